The van der Waals surface area contributed by atoms with Gasteiger partial charge < -0.3 is 10.6 Å². The number of nitrogens with zero attached hydrogens (tertiary/aromatic N) is 1. The van der Waals surface area contributed by atoms with Crippen molar-refractivity contribution in [3.8, 4) is 0 Å². The van der Waals surface area contributed by atoms with Gasteiger partial charge in [0.25, 0.3) is 0 Å². The molecule has 0 aromatic heterocycles. The summed E-state index contributed by atoms with van der Waals surface area (Å²) in [4.78, 5) is 12.2. The standard InChI is InChI=1S/C9H9FN2O/c10-8-3-1-2-6-4-12(9(11)13)5-7(6)8/h1-3H,4-5H2,(H2,11,13). The lowest BCUT2D eigenvalue weighted by Crippen LogP contribution is -2.30. The van der Waals surface area contributed by atoms with Crippen LogP contribution in [0.15, 0.2) is 18.2 Å². The molecule has 3 nitrogen and oxygen atoms in total. The minimum absolute atomic E-state index is 0.263. The smallest absolute Gasteiger partial charge is 0.315 e. The Morgan fingerprint density at radius 2 is 2.23 bits per heavy atom. The normalized spacial score (nSPS) is 14.4. The number of rotatable bonds is 0. The van der Waals surface area contributed by atoms with E-state index in [-0.39, 0.29) is 12.4 Å². The summed E-state index contributed by atoms with van der Waals surface area (Å²) in [6.45, 7) is 0.708. The van der Waals surface area contributed by atoms with E-state index in [1.54, 1.807) is 12.1 Å². The molecule has 0 bridgehead atoms. The topological polar surface area (TPSA) is 46.3 Å². The molecule has 0 saturated heterocycles. The SMILES string of the molecule is NC(=O)N1Cc2cccc(F)c2C1. The van der Waals surface area contributed by atoms with Crippen LogP contribution in [0.3, 0.4) is 0 Å². The van der Waals surface area contributed by atoms with Gasteiger partial charge in [-0.1, -0.05) is 12.1 Å². The largest absolute Gasteiger partial charge is 0.351 e. The molecule has 2 N–H and O–H groups in total. The number of fused-ring (bicyclic) bond motifs is 1. The van der Waals surface area contributed by atoms with Crippen molar-refractivity contribution in [2.45, 2.75) is 13.1 Å². The molecule has 0 spiro atoms. The van der Waals surface area contributed by atoms with Crippen LogP contribution < -0.4 is 5.73 Å². The van der Waals surface area contributed by atoms with Gasteiger partial charge in [-0.3, -0.25) is 0 Å². The summed E-state index contributed by atoms with van der Waals surface area (Å²) in [6, 6.07) is 4.33. The lowest BCUT2D eigenvalue weighted by molar-refractivity contribution is 0.208. The van der Waals surface area contributed by atoms with Gasteiger partial charge in [0.2, 0.25) is 0 Å². The molecular weight excluding hydrogens is 171 g/mol. The Balaban J connectivity index is 2.35. The molecule has 2 amide bonds. The first-order valence-corrected chi connectivity index (χ1v) is 3.99. The van der Waals surface area contributed by atoms with Crippen LogP contribution in [0.4, 0.5) is 9.18 Å². The van der Waals surface area contributed by atoms with E-state index in [0.717, 1.165) is 5.56 Å². The molecule has 0 fully saturated rings. The van der Waals surface area contributed by atoms with Gasteiger partial charge in [-0.15, -0.1) is 0 Å². The van der Waals surface area contributed by atoms with Gasteiger partial charge in [-0.2, -0.15) is 0 Å². The fourth-order valence-corrected chi connectivity index (χ4v) is 1.54. The molecule has 1 aromatic rings. The molecule has 0 saturated carbocycles. The van der Waals surface area contributed by atoms with Gasteiger partial charge in [0.05, 0.1) is 6.54 Å². The highest BCUT2D eigenvalue weighted by atomic mass is 19.1. The zero-order valence-electron chi connectivity index (χ0n) is 6.96. The van der Waals surface area contributed by atoms with Crippen molar-refractivity contribution in [3.63, 3.8) is 0 Å². The summed E-state index contributed by atoms with van der Waals surface area (Å²) in [5, 5.41) is 0. The second-order valence-electron chi connectivity index (χ2n) is 3.07. The molecule has 1 aliphatic heterocycles. The van der Waals surface area contributed by atoms with E-state index in [1.165, 1.54) is 11.0 Å². The second kappa shape index (κ2) is 2.73. The Labute approximate surface area is 74.9 Å². The number of carbonyl (C=O) groups is 1. The quantitative estimate of drug-likeness (QED) is 0.641. The van der Waals surface area contributed by atoms with Gasteiger partial charge >= 0.3 is 6.03 Å². The van der Waals surface area contributed by atoms with E-state index >= 15 is 0 Å². The highest BCUT2D eigenvalue weighted by molar-refractivity contribution is 5.73. The maximum Gasteiger partial charge on any atom is 0.315 e. The molecule has 0 atom stereocenters. The summed E-state index contributed by atoms with van der Waals surface area (Å²) in [6.07, 6.45) is 0. The molecule has 1 heterocycles. The third-order valence-electron chi connectivity index (χ3n) is 2.24. The van der Waals surface area contributed by atoms with Crippen molar-refractivity contribution < 1.29 is 9.18 Å². The van der Waals surface area contributed by atoms with Crippen LogP contribution in [0, 0.1) is 5.82 Å². The average molecular weight is 180 g/mol. The van der Waals surface area contributed by atoms with Gasteiger partial charge in [0, 0.05) is 12.1 Å². The number of amides is 2. The van der Waals surface area contributed by atoms with Gasteiger partial charge in [-0.05, 0) is 11.6 Å². The fourth-order valence-electron chi connectivity index (χ4n) is 1.54. The van der Waals surface area contributed by atoms with Crippen LogP contribution >= 0.6 is 0 Å². The van der Waals surface area contributed by atoms with Crippen molar-refractivity contribution in [1.82, 2.24) is 4.90 Å². The molecule has 0 radical (unpaired) electrons. The fraction of sp³-hybridized carbons (Fsp3) is 0.222. The number of nitrogens with two attached hydrogens (primary N) is 1. The molecule has 2 rings (SSSR count). The summed E-state index contributed by atoms with van der Waals surface area (Å²) >= 11 is 0. The minimum Gasteiger partial charge on any atom is -0.351 e. The Hall–Kier alpha value is -1.58. The lowest BCUT2D eigenvalue weighted by Gasteiger charge is -2.10. The van der Waals surface area contributed by atoms with Crippen LogP contribution in [-0.2, 0) is 13.1 Å². The lowest BCUT2D eigenvalue weighted by atomic mass is 10.1. The van der Waals surface area contributed by atoms with E-state index in [4.69, 9.17) is 5.73 Å². The average Bonchev–Trinajstić information content (AvgIpc) is 2.49. The van der Waals surface area contributed by atoms with E-state index < -0.39 is 6.03 Å². The molecule has 0 unspecified atom stereocenters. The summed E-state index contributed by atoms with van der Waals surface area (Å²) in [5.41, 5.74) is 6.52. The molecular formula is C9H9FN2O. The maximum atomic E-state index is 13.1. The molecule has 4 heteroatoms. The molecule has 0 aliphatic carbocycles. The van der Waals surface area contributed by atoms with Crippen molar-refractivity contribution in [2.24, 2.45) is 5.73 Å². The summed E-state index contributed by atoms with van der Waals surface area (Å²) in [7, 11) is 0. The van der Waals surface area contributed by atoms with E-state index in [2.05, 4.69) is 0 Å². The van der Waals surface area contributed by atoms with Crippen LogP contribution in [0.2, 0.25) is 0 Å². The Kier molecular flexibility index (Phi) is 1.69. The summed E-state index contributed by atoms with van der Waals surface area (Å²) < 4.78 is 13.1. The summed E-state index contributed by atoms with van der Waals surface area (Å²) in [5.74, 6) is -0.263. The van der Waals surface area contributed by atoms with Gasteiger partial charge in [0.15, 0.2) is 0 Å². The van der Waals surface area contributed by atoms with Crippen LogP contribution in [0.5, 0.6) is 0 Å². The number of urea groups is 1. The molecule has 1 aliphatic rings. The second-order valence-corrected chi connectivity index (χ2v) is 3.07. The van der Waals surface area contributed by atoms with Gasteiger partial charge in [-0.25, -0.2) is 9.18 Å². The predicted octanol–water partition coefficient (Wildman–Crippen LogP) is 1.22. The number of hydrogen-bond acceptors (Lipinski definition) is 1. The van der Waals surface area contributed by atoms with Crippen molar-refractivity contribution in [2.75, 3.05) is 0 Å². The third kappa shape index (κ3) is 1.24. The van der Waals surface area contributed by atoms with Crippen molar-refractivity contribution in [1.29, 1.82) is 0 Å². The Bertz CT molecular complexity index is 365. The van der Waals surface area contributed by atoms with Crippen LogP contribution in [0.1, 0.15) is 11.1 Å². The van der Waals surface area contributed by atoms with E-state index in [1.807, 2.05) is 0 Å². The first-order chi connectivity index (χ1) is 6.18. The van der Waals surface area contributed by atoms with Crippen molar-refractivity contribution in [3.05, 3.63) is 35.1 Å². The maximum absolute atomic E-state index is 13.1. The predicted molar refractivity (Wildman–Crippen MR) is 45.2 cm³/mol. The first-order valence-electron chi connectivity index (χ1n) is 3.99. The highest BCUT2D eigenvalue weighted by Gasteiger charge is 2.23. The van der Waals surface area contributed by atoms with Crippen LogP contribution in [-0.4, -0.2) is 10.9 Å². The zero-order valence-corrected chi connectivity index (χ0v) is 6.96. The number of carbonyl (C=O) groups excluding carboxylic acids is 1. The van der Waals surface area contributed by atoms with E-state index in [9.17, 15) is 9.18 Å². The van der Waals surface area contributed by atoms with Crippen molar-refractivity contribution >= 4 is 6.03 Å². The number of primary amides is 1. The number of hydrogen-bond donors (Lipinski definition) is 1. The highest BCUT2D eigenvalue weighted by Crippen LogP contribution is 2.24. The zero-order chi connectivity index (χ0) is 9.42. The molecule has 1 aromatic carbocycles. The molecule has 13 heavy (non-hydrogen) atoms. The van der Waals surface area contributed by atoms with Gasteiger partial charge in [0.1, 0.15) is 5.82 Å². The molecule has 68 valence electrons. The van der Waals surface area contributed by atoms with Crippen LogP contribution in [0.25, 0.3) is 0 Å². The monoisotopic (exact) mass is 180 g/mol. The third-order valence-corrected chi connectivity index (χ3v) is 2.24. The number of benzene rings is 1. The minimum atomic E-state index is -0.504. The number of halogens is 1. The van der Waals surface area contributed by atoms with E-state index in [0.29, 0.717) is 12.1 Å². The Morgan fingerprint density at radius 1 is 1.46 bits per heavy atom. The Morgan fingerprint density at radius 3 is 2.85 bits per heavy atom. The first kappa shape index (κ1) is 8.04.